The van der Waals surface area contributed by atoms with Gasteiger partial charge in [-0.1, -0.05) is 0 Å². The first-order chi connectivity index (χ1) is 8.25. The Morgan fingerprint density at radius 2 is 2.18 bits per heavy atom. The van der Waals surface area contributed by atoms with Gasteiger partial charge in [-0.3, -0.25) is 9.89 Å². The van der Waals surface area contributed by atoms with E-state index in [4.69, 9.17) is 0 Å². The van der Waals surface area contributed by atoms with Crippen LogP contribution in [0.4, 0.5) is 0 Å². The van der Waals surface area contributed by atoms with Crippen LogP contribution in [0.1, 0.15) is 49.8 Å². The molecule has 2 fully saturated rings. The predicted octanol–water partition coefficient (Wildman–Crippen LogP) is 1.58. The molecule has 0 unspecified atom stereocenters. The number of hydrogen-bond donors (Lipinski definition) is 1. The second-order valence-electron chi connectivity index (χ2n) is 5.10. The molecule has 5 nitrogen and oxygen atoms in total. The first kappa shape index (κ1) is 10.7. The SMILES string of the molecule is Cc1nc([C@H]2CCCCN2C(=O)C2CC2)n[nH]1. The van der Waals surface area contributed by atoms with Gasteiger partial charge in [0.2, 0.25) is 5.91 Å². The largest absolute Gasteiger partial charge is 0.332 e. The lowest BCUT2D eigenvalue weighted by Crippen LogP contribution is -2.39. The predicted molar refractivity (Wildman–Crippen MR) is 62.1 cm³/mol. The molecule has 5 heteroatoms. The minimum atomic E-state index is 0.0989. The maximum Gasteiger partial charge on any atom is 0.226 e. The van der Waals surface area contributed by atoms with Crippen LogP contribution in [0.25, 0.3) is 0 Å². The highest BCUT2D eigenvalue weighted by Crippen LogP contribution is 2.36. The number of likely N-dealkylation sites (tertiary alicyclic amines) is 1. The van der Waals surface area contributed by atoms with E-state index in [1.165, 1.54) is 0 Å². The van der Waals surface area contributed by atoms with E-state index in [2.05, 4.69) is 15.2 Å². The maximum absolute atomic E-state index is 12.2. The third kappa shape index (κ3) is 2.06. The van der Waals surface area contributed by atoms with Crippen LogP contribution in [0.5, 0.6) is 0 Å². The summed E-state index contributed by atoms with van der Waals surface area (Å²) in [5.74, 6) is 2.22. The number of aromatic amines is 1. The quantitative estimate of drug-likeness (QED) is 0.845. The number of nitrogens with one attached hydrogen (secondary N) is 1. The third-order valence-electron chi connectivity index (χ3n) is 3.63. The summed E-state index contributed by atoms with van der Waals surface area (Å²) in [6.07, 6.45) is 5.39. The highest BCUT2D eigenvalue weighted by molar-refractivity contribution is 5.81. The van der Waals surface area contributed by atoms with Gasteiger partial charge in [0.05, 0.1) is 6.04 Å². The van der Waals surface area contributed by atoms with Crippen LogP contribution in [-0.2, 0) is 4.79 Å². The molecule has 3 rings (SSSR count). The molecule has 1 aliphatic carbocycles. The number of H-pyrrole nitrogens is 1. The number of nitrogens with zero attached hydrogens (tertiary/aromatic N) is 3. The number of piperidine rings is 1. The van der Waals surface area contributed by atoms with E-state index >= 15 is 0 Å². The summed E-state index contributed by atoms with van der Waals surface area (Å²) in [5, 5.41) is 7.09. The van der Waals surface area contributed by atoms with Crippen molar-refractivity contribution in [3.63, 3.8) is 0 Å². The number of amides is 1. The third-order valence-corrected chi connectivity index (χ3v) is 3.63. The molecule has 1 N–H and O–H groups in total. The molecule has 1 aromatic heterocycles. The second-order valence-corrected chi connectivity index (χ2v) is 5.10. The average molecular weight is 234 g/mol. The Hall–Kier alpha value is -1.39. The molecule has 92 valence electrons. The molecule has 0 bridgehead atoms. The van der Waals surface area contributed by atoms with Crippen LogP contribution in [0.3, 0.4) is 0 Å². The zero-order valence-corrected chi connectivity index (χ0v) is 10.1. The lowest BCUT2D eigenvalue weighted by Gasteiger charge is -2.34. The van der Waals surface area contributed by atoms with Crippen molar-refractivity contribution >= 4 is 5.91 Å². The van der Waals surface area contributed by atoms with Crippen molar-refractivity contribution in [3.8, 4) is 0 Å². The second kappa shape index (κ2) is 4.13. The van der Waals surface area contributed by atoms with Gasteiger partial charge < -0.3 is 4.90 Å². The highest BCUT2D eigenvalue weighted by Gasteiger charge is 2.38. The van der Waals surface area contributed by atoms with Gasteiger partial charge in [-0.25, -0.2) is 4.98 Å². The summed E-state index contributed by atoms with van der Waals surface area (Å²) < 4.78 is 0. The normalized spacial score (nSPS) is 25.0. The molecule has 1 aliphatic heterocycles. The van der Waals surface area contributed by atoms with E-state index in [0.717, 1.165) is 50.3 Å². The Kier molecular flexibility index (Phi) is 2.61. The molecule has 17 heavy (non-hydrogen) atoms. The smallest absolute Gasteiger partial charge is 0.226 e. The van der Waals surface area contributed by atoms with Gasteiger partial charge in [0, 0.05) is 12.5 Å². The molecule has 0 aromatic carbocycles. The minimum absolute atomic E-state index is 0.0989. The van der Waals surface area contributed by atoms with E-state index < -0.39 is 0 Å². The van der Waals surface area contributed by atoms with Crippen molar-refractivity contribution in [3.05, 3.63) is 11.6 Å². The van der Waals surface area contributed by atoms with E-state index in [1.54, 1.807) is 0 Å². The lowest BCUT2D eigenvalue weighted by atomic mass is 10.0. The molecule has 2 heterocycles. The van der Waals surface area contributed by atoms with Crippen LogP contribution < -0.4 is 0 Å². The molecule has 1 saturated heterocycles. The molecule has 1 amide bonds. The number of rotatable bonds is 2. The van der Waals surface area contributed by atoms with Crippen molar-refractivity contribution < 1.29 is 4.79 Å². The standard InChI is InChI=1S/C12H18N4O/c1-8-13-11(15-14-8)10-4-2-3-7-16(10)12(17)9-5-6-9/h9-10H,2-7H2,1H3,(H,13,14,15)/t10-/m1/s1. The van der Waals surface area contributed by atoms with E-state index in [9.17, 15) is 4.79 Å². The summed E-state index contributed by atoms with van der Waals surface area (Å²) in [4.78, 5) is 18.6. The number of carbonyl (C=O) groups excluding carboxylic acids is 1. The summed E-state index contributed by atoms with van der Waals surface area (Å²) >= 11 is 0. The molecule has 0 spiro atoms. The van der Waals surface area contributed by atoms with Crippen molar-refractivity contribution in [1.82, 2.24) is 20.1 Å². The van der Waals surface area contributed by atoms with Crippen LogP contribution in [-0.4, -0.2) is 32.5 Å². The van der Waals surface area contributed by atoms with Gasteiger partial charge in [0.1, 0.15) is 5.82 Å². The van der Waals surface area contributed by atoms with Crippen molar-refractivity contribution in [2.24, 2.45) is 5.92 Å². The van der Waals surface area contributed by atoms with Crippen LogP contribution in [0.2, 0.25) is 0 Å². The Morgan fingerprint density at radius 3 is 2.82 bits per heavy atom. The molecule has 1 saturated carbocycles. The fourth-order valence-electron chi connectivity index (χ4n) is 2.54. The zero-order valence-electron chi connectivity index (χ0n) is 10.1. The molecular formula is C12H18N4O. The first-order valence-electron chi connectivity index (χ1n) is 6.45. The van der Waals surface area contributed by atoms with E-state index in [-0.39, 0.29) is 12.0 Å². The van der Waals surface area contributed by atoms with Crippen LogP contribution in [0.15, 0.2) is 0 Å². The maximum atomic E-state index is 12.2. The number of hydrogen-bond acceptors (Lipinski definition) is 3. The first-order valence-corrected chi connectivity index (χ1v) is 6.45. The minimum Gasteiger partial charge on any atom is -0.332 e. The molecular weight excluding hydrogens is 216 g/mol. The lowest BCUT2D eigenvalue weighted by molar-refractivity contribution is -0.136. The zero-order chi connectivity index (χ0) is 11.8. The van der Waals surface area contributed by atoms with Gasteiger partial charge in [0.15, 0.2) is 5.82 Å². The van der Waals surface area contributed by atoms with Gasteiger partial charge in [-0.2, -0.15) is 5.10 Å². The Balaban J connectivity index is 1.81. The van der Waals surface area contributed by atoms with Gasteiger partial charge >= 0.3 is 0 Å². The van der Waals surface area contributed by atoms with Crippen LogP contribution >= 0.6 is 0 Å². The monoisotopic (exact) mass is 234 g/mol. The summed E-state index contributed by atoms with van der Waals surface area (Å²) in [6, 6.07) is 0.0989. The average Bonchev–Trinajstić information content (AvgIpc) is 3.11. The summed E-state index contributed by atoms with van der Waals surface area (Å²) in [7, 11) is 0. The van der Waals surface area contributed by atoms with Crippen molar-refractivity contribution in [2.45, 2.75) is 45.1 Å². The number of carbonyl (C=O) groups is 1. The van der Waals surface area contributed by atoms with Crippen molar-refractivity contribution in [1.29, 1.82) is 0 Å². The molecule has 1 atom stereocenters. The Morgan fingerprint density at radius 1 is 1.35 bits per heavy atom. The number of aromatic nitrogens is 3. The van der Waals surface area contributed by atoms with Gasteiger partial charge in [-0.05, 0) is 39.0 Å². The fourth-order valence-corrected chi connectivity index (χ4v) is 2.54. The van der Waals surface area contributed by atoms with E-state index in [1.807, 2.05) is 11.8 Å². The van der Waals surface area contributed by atoms with Gasteiger partial charge in [-0.15, -0.1) is 0 Å². The Bertz CT molecular complexity index is 424. The summed E-state index contributed by atoms with van der Waals surface area (Å²) in [5.41, 5.74) is 0. The number of aryl methyl sites for hydroxylation is 1. The highest BCUT2D eigenvalue weighted by atomic mass is 16.2. The van der Waals surface area contributed by atoms with E-state index in [0.29, 0.717) is 5.91 Å². The molecule has 2 aliphatic rings. The van der Waals surface area contributed by atoms with Crippen LogP contribution in [0, 0.1) is 12.8 Å². The fraction of sp³-hybridized carbons (Fsp3) is 0.750. The molecule has 1 aromatic rings. The summed E-state index contributed by atoms with van der Waals surface area (Å²) in [6.45, 7) is 2.76. The topological polar surface area (TPSA) is 61.9 Å². The Labute approximate surface area is 101 Å². The molecule has 0 radical (unpaired) electrons. The van der Waals surface area contributed by atoms with Crippen molar-refractivity contribution in [2.75, 3.05) is 6.54 Å². The van der Waals surface area contributed by atoms with Gasteiger partial charge in [0.25, 0.3) is 0 Å².